The van der Waals surface area contributed by atoms with Gasteiger partial charge in [0.15, 0.2) is 0 Å². The molecule has 0 amide bonds. The number of aliphatic hydroxyl groups is 1. The van der Waals surface area contributed by atoms with Crippen LogP contribution >= 0.6 is 0 Å². The molecule has 2 rings (SSSR count). The molecule has 1 aliphatic carbocycles. The molecule has 1 unspecified atom stereocenters. The molecular weight excluding hydrogens is 249 g/mol. The molecule has 1 atom stereocenters. The highest BCUT2D eigenvalue weighted by Crippen LogP contribution is 2.40. The summed E-state index contributed by atoms with van der Waals surface area (Å²) >= 11 is 0. The maximum atomic E-state index is 11.1. The monoisotopic (exact) mass is 276 g/mol. The lowest BCUT2D eigenvalue weighted by Gasteiger charge is -2.40. The van der Waals surface area contributed by atoms with Crippen LogP contribution in [0.15, 0.2) is 24.3 Å². The van der Waals surface area contributed by atoms with Gasteiger partial charge in [-0.1, -0.05) is 31.4 Å². The normalized spacial score (nSPS) is 19.9. The van der Waals surface area contributed by atoms with Crippen molar-refractivity contribution < 1.29 is 9.84 Å². The smallest absolute Gasteiger partial charge is 0.118 e. The van der Waals surface area contributed by atoms with Gasteiger partial charge in [0.2, 0.25) is 0 Å². The molecule has 0 aromatic heterocycles. The number of rotatable bonds is 5. The fourth-order valence-electron chi connectivity index (χ4n) is 3.30. The topological polar surface area (TPSA) is 32.7 Å². The predicted molar refractivity (Wildman–Crippen MR) is 82.3 cm³/mol. The average Bonchev–Trinajstić information content (AvgIpc) is 2.45. The highest BCUT2D eigenvalue weighted by Gasteiger charge is 2.38. The van der Waals surface area contributed by atoms with E-state index in [4.69, 9.17) is 4.74 Å². The fraction of sp³-hybridized carbons (Fsp3) is 0.647. The second-order valence-electron chi connectivity index (χ2n) is 6.25. The van der Waals surface area contributed by atoms with Crippen LogP contribution in [-0.2, 0) is 0 Å². The molecular formula is C17H27NO2. The third kappa shape index (κ3) is 3.53. The van der Waals surface area contributed by atoms with E-state index in [2.05, 4.69) is 31.1 Å². The van der Waals surface area contributed by atoms with Crippen LogP contribution < -0.4 is 4.74 Å². The van der Waals surface area contributed by atoms with Gasteiger partial charge in [-0.2, -0.15) is 0 Å². The summed E-state index contributed by atoms with van der Waals surface area (Å²) in [5.41, 5.74) is 0.654. The first kappa shape index (κ1) is 15.3. The molecule has 112 valence electrons. The van der Waals surface area contributed by atoms with E-state index >= 15 is 0 Å². The lowest BCUT2D eigenvalue weighted by Crippen LogP contribution is -2.42. The van der Waals surface area contributed by atoms with Gasteiger partial charge in [-0.25, -0.2) is 0 Å². The summed E-state index contributed by atoms with van der Waals surface area (Å²) in [6, 6.07) is 8.17. The zero-order valence-electron chi connectivity index (χ0n) is 12.9. The molecule has 1 saturated carbocycles. The quantitative estimate of drug-likeness (QED) is 0.897. The number of hydrogen-bond acceptors (Lipinski definition) is 3. The molecule has 1 aliphatic rings. The van der Waals surface area contributed by atoms with Crippen LogP contribution in [0.25, 0.3) is 0 Å². The molecule has 0 aliphatic heterocycles. The molecule has 1 aromatic rings. The molecule has 0 heterocycles. The summed E-state index contributed by atoms with van der Waals surface area (Å²) in [7, 11) is 5.83. The Morgan fingerprint density at radius 2 is 1.75 bits per heavy atom. The van der Waals surface area contributed by atoms with Crippen LogP contribution in [0.5, 0.6) is 5.75 Å². The van der Waals surface area contributed by atoms with Crippen molar-refractivity contribution in [3.05, 3.63) is 29.8 Å². The molecule has 0 bridgehead atoms. The van der Waals surface area contributed by atoms with E-state index in [0.717, 1.165) is 38.0 Å². The molecule has 3 nitrogen and oxygen atoms in total. The number of ether oxygens (including phenoxy) is 1. The molecule has 0 radical (unpaired) electrons. The van der Waals surface area contributed by atoms with E-state index in [1.807, 2.05) is 12.1 Å². The lowest BCUT2D eigenvalue weighted by atomic mass is 9.72. The van der Waals surface area contributed by atoms with Crippen LogP contribution in [0.4, 0.5) is 0 Å². The minimum absolute atomic E-state index is 0.170. The Labute approximate surface area is 122 Å². The minimum atomic E-state index is -0.558. The zero-order chi connectivity index (χ0) is 14.6. The van der Waals surface area contributed by atoms with Crippen molar-refractivity contribution in [3.8, 4) is 5.75 Å². The van der Waals surface area contributed by atoms with E-state index in [-0.39, 0.29) is 5.92 Å². The van der Waals surface area contributed by atoms with Gasteiger partial charge >= 0.3 is 0 Å². The zero-order valence-corrected chi connectivity index (χ0v) is 12.9. The van der Waals surface area contributed by atoms with Gasteiger partial charge in [-0.3, -0.25) is 0 Å². The van der Waals surface area contributed by atoms with Gasteiger partial charge in [0.1, 0.15) is 5.75 Å². The fourth-order valence-corrected chi connectivity index (χ4v) is 3.30. The standard InChI is InChI=1S/C17H27NO2/c1-18(2)13-16(17(19)11-5-4-6-12-17)14-7-9-15(20-3)10-8-14/h7-10,16,19H,4-6,11-13H2,1-3H3/i3-1. The first-order chi connectivity index (χ1) is 9.55. The van der Waals surface area contributed by atoms with Crippen LogP contribution in [0.1, 0.15) is 43.6 Å². The van der Waals surface area contributed by atoms with E-state index < -0.39 is 5.60 Å². The summed E-state index contributed by atoms with van der Waals surface area (Å²) in [6.45, 7) is 0.878. The Morgan fingerprint density at radius 3 is 2.25 bits per heavy atom. The third-order valence-electron chi connectivity index (χ3n) is 4.43. The van der Waals surface area contributed by atoms with Gasteiger partial charge in [0, 0.05) is 12.5 Å². The van der Waals surface area contributed by atoms with Crippen molar-refractivity contribution in [1.82, 2.24) is 4.90 Å². The van der Waals surface area contributed by atoms with Gasteiger partial charge in [-0.05, 0) is 44.6 Å². The summed E-state index contributed by atoms with van der Waals surface area (Å²) in [5.74, 6) is 1.04. The van der Waals surface area contributed by atoms with Crippen LogP contribution in [-0.4, -0.2) is 43.4 Å². The molecule has 1 aromatic carbocycles. The SMILES string of the molecule is CN(C)CC(c1ccc(O[11CH3])cc1)C1(O)CCCCC1. The number of benzene rings is 1. The van der Waals surface area contributed by atoms with Gasteiger partial charge in [0.05, 0.1) is 12.7 Å². The lowest BCUT2D eigenvalue weighted by molar-refractivity contribution is -0.0277. The van der Waals surface area contributed by atoms with Crippen molar-refractivity contribution in [2.24, 2.45) is 0 Å². The Hall–Kier alpha value is -1.06. The van der Waals surface area contributed by atoms with Crippen molar-refractivity contribution in [2.45, 2.75) is 43.6 Å². The van der Waals surface area contributed by atoms with Crippen LogP contribution in [0.2, 0.25) is 0 Å². The van der Waals surface area contributed by atoms with E-state index in [1.165, 1.54) is 12.0 Å². The molecule has 1 N–H and O–H groups in total. The number of likely N-dealkylation sites (N-methyl/N-ethyl adjacent to an activating group) is 1. The molecule has 0 spiro atoms. The summed E-state index contributed by atoms with van der Waals surface area (Å²) in [6.07, 6.45) is 5.35. The molecule has 0 saturated heterocycles. The predicted octanol–water partition coefficient (Wildman–Crippen LogP) is 3.04. The van der Waals surface area contributed by atoms with Crippen LogP contribution in [0, 0.1) is 0 Å². The van der Waals surface area contributed by atoms with Crippen LogP contribution in [0.3, 0.4) is 0 Å². The second kappa shape index (κ2) is 6.59. The summed E-state index contributed by atoms with van der Waals surface area (Å²) < 4.78 is 5.23. The maximum Gasteiger partial charge on any atom is 0.118 e. The highest BCUT2D eigenvalue weighted by atomic mass is 16.4. The van der Waals surface area contributed by atoms with E-state index in [9.17, 15) is 5.11 Å². The maximum absolute atomic E-state index is 11.1. The third-order valence-corrected chi connectivity index (χ3v) is 4.43. The van der Waals surface area contributed by atoms with E-state index in [1.54, 1.807) is 7.11 Å². The largest absolute Gasteiger partial charge is 0.497 e. The average molecular weight is 276 g/mol. The number of nitrogens with zero attached hydrogens (tertiary/aromatic N) is 1. The van der Waals surface area contributed by atoms with Gasteiger partial charge < -0.3 is 14.7 Å². The first-order valence-electron chi connectivity index (χ1n) is 7.56. The second-order valence-corrected chi connectivity index (χ2v) is 6.25. The van der Waals surface area contributed by atoms with Crippen molar-refractivity contribution in [2.75, 3.05) is 27.7 Å². The summed E-state index contributed by atoms with van der Waals surface area (Å²) in [5, 5.41) is 11.1. The highest BCUT2D eigenvalue weighted by molar-refractivity contribution is 5.31. The van der Waals surface area contributed by atoms with Crippen molar-refractivity contribution in [1.29, 1.82) is 0 Å². The Bertz CT molecular complexity index is 408. The van der Waals surface area contributed by atoms with Gasteiger partial charge in [0.25, 0.3) is 0 Å². The molecule has 20 heavy (non-hydrogen) atoms. The van der Waals surface area contributed by atoms with Crippen molar-refractivity contribution in [3.63, 3.8) is 0 Å². The van der Waals surface area contributed by atoms with Gasteiger partial charge in [-0.15, -0.1) is 0 Å². The Kier molecular flexibility index (Phi) is 5.06. The molecule has 3 heteroatoms. The Balaban J connectivity index is 2.25. The number of hydrogen-bond donors (Lipinski definition) is 1. The van der Waals surface area contributed by atoms with E-state index in [0.29, 0.717) is 0 Å². The summed E-state index contributed by atoms with van der Waals surface area (Å²) in [4.78, 5) is 2.17. The molecule has 1 fully saturated rings. The minimum Gasteiger partial charge on any atom is -0.497 e. The van der Waals surface area contributed by atoms with Crippen molar-refractivity contribution >= 4 is 0 Å². The number of methoxy groups -OCH3 is 1. The Morgan fingerprint density at radius 1 is 1.15 bits per heavy atom. The first-order valence-corrected chi connectivity index (χ1v) is 7.56.